The Hall–Kier alpha value is -1.22. The molecule has 0 saturated carbocycles. The van der Waals surface area contributed by atoms with Crippen molar-refractivity contribution in [1.29, 1.82) is 0 Å². The van der Waals surface area contributed by atoms with E-state index in [1.165, 1.54) is 0 Å². The molecule has 0 radical (unpaired) electrons. The lowest BCUT2D eigenvalue weighted by Gasteiger charge is -2.16. The fourth-order valence-electron chi connectivity index (χ4n) is 2.17. The van der Waals surface area contributed by atoms with E-state index in [-0.39, 0.29) is 5.92 Å². The topological polar surface area (TPSA) is 49.5 Å². The van der Waals surface area contributed by atoms with Crippen LogP contribution in [0.1, 0.15) is 24.0 Å². The fraction of sp³-hybridized carbons (Fsp3) is 0.500. The van der Waals surface area contributed by atoms with Gasteiger partial charge in [0.15, 0.2) is 0 Å². The number of fused-ring (bicyclic) bond motifs is 1. The first kappa shape index (κ1) is 10.3. The third kappa shape index (κ3) is 1.57. The molecule has 3 heteroatoms. The van der Waals surface area contributed by atoms with Crippen molar-refractivity contribution in [1.82, 2.24) is 0 Å². The van der Waals surface area contributed by atoms with Gasteiger partial charge in [-0.15, -0.1) is 0 Å². The van der Waals surface area contributed by atoms with E-state index in [0.29, 0.717) is 12.3 Å². The Labute approximate surface area is 90.5 Å². The summed E-state index contributed by atoms with van der Waals surface area (Å²) in [5, 5.41) is 10.1. The molecular weight excluding hydrogens is 188 g/mol. The van der Waals surface area contributed by atoms with E-state index in [0.717, 1.165) is 29.8 Å². The minimum Gasteiger partial charge on any atom is -0.507 e. The largest absolute Gasteiger partial charge is 0.507 e. The average molecular weight is 206 g/mol. The number of rotatable bonds is 2. The molecule has 3 nitrogen and oxygen atoms in total. The van der Waals surface area contributed by atoms with E-state index in [1.807, 2.05) is 13.0 Å². The maximum absolute atomic E-state index is 10.1. The second-order valence-electron chi connectivity index (χ2n) is 4.31. The highest BCUT2D eigenvalue weighted by molar-refractivity contribution is 5.65. The first-order valence-electron chi connectivity index (χ1n) is 5.41. The van der Waals surface area contributed by atoms with Crippen molar-refractivity contribution in [2.75, 3.05) is 25.0 Å². The van der Waals surface area contributed by atoms with Gasteiger partial charge in [0.1, 0.15) is 5.75 Å². The predicted molar refractivity (Wildman–Crippen MR) is 62.6 cm³/mol. The summed E-state index contributed by atoms with van der Waals surface area (Å²) >= 11 is 0. The quantitative estimate of drug-likeness (QED) is 0.770. The number of hydrogen-bond donors (Lipinski definition) is 2. The van der Waals surface area contributed by atoms with Crippen LogP contribution in [0, 0.1) is 0 Å². The molecule has 0 bridgehead atoms. The van der Waals surface area contributed by atoms with Crippen molar-refractivity contribution in [2.24, 2.45) is 5.73 Å². The van der Waals surface area contributed by atoms with Gasteiger partial charge in [-0.2, -0.15) is 0 Å². The van der Waals surface area contributed by atoms with Crippen LogP contribution in [-0.2, 0) is 6.42 Å². The van der Waals surface area contributed by atoms with Crippen LogP contribution in [0.4, 0.5) is 5.69 Å². The number of anilines is 1. The first-order valence-corrected chi connectivity index (χ1v) is 5.41. The summed E-state index contributed by atoms with van der Waals surface area (Å²) in [6.45, 7) is 3.60. The number of likely N-dealkylation sites (N-methyl/N-ethyl adjacent to an activating group) is 1. The van der Waals surface area contributed by atoms with Crippen LogP contribution < -0.4 is 10.6 Å². The predicted octanol–water partition coefficient (Wildman–Crippen LogP) is 1.45. The standard InChI is InChI=1S/C12H18N2O/c1-8(7-13)9-3-4-11-10(12(9)15)5-6-14(11)2/h3-4,8,15H,5-7,13H2,1-2H3. The molecule has 2 rings (SSSR count). The number of nitrogens with zero attached hydrogens (tertiary/aromatic N) is 1. The monoisotopic (exact) mass is 206 g/mol. The van der Waals surface area contributed by atoms with Gasteiger partial charge in [-0.3, -0.25) is 0 Å². The van der Waals surface area contributed by atoms with Gasteiger partial charge in [-0.1, -0.05) is 13.0 Å². The molecule has 1 aromatic rings. The molecule has 3 N–H and O–H groups in total. The summed E-state index contributed by atoms with van der Waals surface area (Å²) in [7, 11) is 2.05. The van der Waals surface area contributed by atoms with Crippen LogP contribution >= 0.6 is 0 Å². The molecule has 1 aliphatic heterocycles. The molecule has 0 fully saturated rings. The molecule has 82 valence electrons. The van der Waals surface area contributed by atoms with Crippen LogP contribution in [-0.4, -0.2) is 25.2 Å². The molecule has 0 saturated heterocycles. The zero-order valence-electron chi connectivity index (χ0n) is 9.33. The second-order valence-corrected chi connectivity index (χ2v) is 4.31. The van der Waals surface area contributed by atoms with E-state index < -0.39 is 0 Å². The Bertz CT molecular complexity index is 376. The lowest BCUT2D eigenvalue weighted by atomic mass is 9.96. The van der Waals surface area contributed by atoms with Gasteiger partial charge in [-0.05, 0) is 30.5 Å². The van der Waals surface area contributed by atoms with Crippen LogP contribution in [0.2, 0.25) is 0 Å². The summed E-state index contributed by atoms with van der Waals surface area (Å²) in [6.07, 6.45) is 0.933. The maximum Gasteiger partial charge on any atom is 0.124 e. The number of hydrogen-bond acceptors (Lipinski definition) is 3. The van der Waals surface area contributed by atoms with E-state index in [9.17, 15) is 5.11 Å². The third-order valence-corrected chi connectivity index (χ3v) is 3.28. The maximum atomic E-state index is 10.1. The minimum absolute atomic E-state index is 0.223. The van der Waals surface area contributed by atoms with E-state index in [4.69, 9.17) is 5.73 Å². The summed E-state index contributed by atoms with van der Waals surface area (Å²) < 4.78 is 0. The lowest BCUT2D eigenvalue weighted by Crippen LogP contribution is -2.12. The zero-order valence-corrected chi connectivity index (χ0v) is 9.33. The molecule has 0 amide bonds. The second kappa shape index (κ2) is 3.74. The van der Waals surface area contributed by atoms with Crippen molar-refractivity contribution in [3.8, 4) is 5.75 Å². The number of phenols is 1. The molecule has 1 unspecified atom stereocenters. The van der Waals surface area contributed by atoms with E-state index in [1.54, 1.807) is 0 Å². The summed E-state index contributed by atoms with van der Waals surface area (Å²) in [4.78, 5) is 2.17. The van der Waals surface area contributed by atoms with Gasteiger partial charge in [0.25, 0.3) is 0 Å². The van der Waals surface area contributed by atoms with Gasteiger partial charge in [0.2, 0.25) is 0 Å². The van der Waals surface area contributed by atoms with Crippen molar-refractivity contribution >= 4 is 5.69 Å². The highest BCUT2D eigenvalue weighted by atomic mass is 16.3. The molecule has 1 aromatic carbocycles. The molecule has 15 heavy (non-hydrogen) atoms. The summed E-state index contributed by atoms with van der Waals surface area (Å²) in [5.74, 6) is 0.677. The molecule has 1 atom stereocenters. The Balaban J connectivity index is 2.46. The Morgan fingerprint density at radius 2 is 2.27 bits per heavy atom. The van der Waals surface area contributed by atoms with E-state index >= 15 is 0 Å². The van der Waals surface area contributed by atoms with Crippen molar-refractivity contribution in [3.05, 3.63) is 23.3 Å². The third-order valence-electron chi connectivity index (χ3n) is 3.28. The molecule has 1 aliphatic rings. The highest BCUT2D eigenvalue weighted by Crippen LogP contribution is 2.38. The zero-order chi connectivity index (χ0) is 11.0. The van der Waals surface area contributed by atoms with Gasteiger partial charge < -0.3 is 15.7 Å². The Kier molecular flexibility index (Phi) is 2.57. The molecular formula is C12H18N2O. The number of benzene rings is 1. The van der Waals surface area contributed by atoms with Crippen molar-refractivity contribution in [2.45, 2.75) is 19.3 Å². The van der Waals surface area contributed by atoms with E-state index in [2.05, 4.69) is 18.0 Å². The number of aromatic hydroxyl groups is 1. The number of nitrogens with two attached hydrogens (primary N) is 1. The van der Waals surface area contributed by atoms with Gasteiger partial charge in [0.05, 0.1) is 0 Å². The molecule has 0 aliphatic carbocycles. The fourth-order valence-corrected chi connectivity index (χ4v) is 2.17. The molecule has 0 aromatic heterocycles. The van der Waals surface area contributed by atoms with Crippen molar-refractivity contribution < 1.29 is 5.11 Å². The Morgan fingerprint density at radius 3 is 2.93 bits per heavy atom. The van der Waals surface area contributed by atoms with Gasteiger partial charge in [-0.25, -0.2) is 0 Å². The minimum atomic E-state index is 0.223. The molecule has 0 spiro atoms. The highest BCUT2D eigenvalue weighted by Gasteiger charge is 2.22. The van der Waals surface area contributed by atoms with Crippen LogP contribution in [0.25, 0.3) is 0 Å². The average Bonchev–Trinajstić information content (AvgIpc) is 2.61. The van der Waals surface area contributed by atoms with Crippen LogP contribution in [0.3, 0.4) is 0 Å². The summed E-state index contributed by atoms with van der Waals surface area (Å²) in [5.41, 5.74) is 8.83. The SMILES string of the molecule is CC(CN)c1ccc2c(c1O)CCN2C. The molecule has 1 heterocycles. The van der Waals surface area contributed by atoms with Crippen molar-refractivity contribution in [3.63, 3.8) is 0 Å². The smallest absolute Gasteiger partial charge is 0.124 e. The van der Waals surface area contributed by atoms with Gasteiger partial charge in [0, 0.05) is 24.8 Å². The Morgan fingerprint density at radius 1 is 1.53 bits per heavy atom. The normalized spacial score (nSPS) is 16.6. The lowest BCUT2D eigenvalue weighted by molar-refractivity contribution is 0.458. The first-order chi connectivity index (χ1) is 7.15. The summed E-state index contributed by atoms with van der Waals surface area (Å²) in [6, 6.07) is 4.08. The van der Waals surface area contributed by atoms with Crippen LogP contribution in [0.15, 0.2) is 12.1 Å². The van der Waals surface area contributed by atoms with Crippen LogP contribution in [0.5, 0.6) is 5.75 Å². The number of phenolic OH excluding ortho intramolecular Hbond substituents is 1. The van der Waals surface area contributed by atoms with Gasteiger partial charge >= 0.3 is 0 Å².